The van der Waals surface area contributed by atoms with Gasteiger partial charge in [0, 0.05) is 6.04 Å². The summed E-state index contributed by atoms with van der Waals surface area (Å²) in [6, 6.07) is 4.08. The van der Waals surface area contributed by atoms with E-state index in [1.54, 1.807) is 6.07 Å². The molecule has 2 nitrogen and oxygen atoms in total. The monoisotopic (exact) mass is 221 g/mol. The van der Waals surface area contributed by atoms with Crippen molar-refractivity contribution >= 4 is 0 Å². The lowest BCUT2D eigenvalue weighted by Crippen LogP contribution is -2.15. The van der Waals surface area contributed by atoms with Gasteiger partial charge in [0.1, 0.15) is 0 Å². The van der Waals surface area contributed by atoms with Crippen LogP contribution >= 0.6 is 0 Å². The summed E-state index contributed by atoms with van der Waals surface area (Å²) in [4.78, 5) is 0. The summed E-state index contributed by atoms with van der Waals surface area (Å²) in [6.45, 7) is 1.69. The van der Waals surface area contributed by atoms with Gasteiger partial charge in [0.2, 0.25) is 0 Å². The molecule has 1 saturated heterocycles. The van der Waals surface area contributed by atoms with Gasteiger partial charge < -0.3 is 10.1 Å². The Morgan fingerprint density at radius 2 is 2.25 bits per heavy atom. The zero-order valence-corrected chi connectivity index (χ0v) is 9.26. The Bertz CT molecular complexity index is 399. The first-order valence-electron chi connectivity index (χ1n) is 6.03. The van der Waals surface area contributed by atoms with E-state index in [1.165, 1.54) is 6.42 Å². The largest absolute Gasteiger partial charge is 0.490 e. The van der Waals surface area contributed by atoms with Crippen molar-refractivity contribution in [1.29, 1.82) is 0 Å². The molecule has 3 heteroatoms. The summed E-state index contributed by atoms with van der Waals surface area (Å²) in [5.74, 6) is 0.286. The van der Waals surface area contributed by atoms with E-state index in [2.05, 4.69) is 11.4 Å². The van der Waals surface area contributed by atoms with Crippen molar-refractivity contribution in [2.24, 2.45) is 0 Å². The molecular weight excluding hydrogens is 205 g/mol. The van der Waals surface area contributed by atoms with Gasteiger partial charge in [-0.2, -0.15) is 0 Å². The molecule has 1 fully saturated rings. The number of hydrogen-bond acceptors (Lipinski definition) is 2. The van der Waals surface area contributed by atoms with Gasteiger partial charge in [0.25, 0.3) is 0 Å². The lowest BCUT2D eigenvalue weighted by Gasteiger charge is -2.20. The molecule has 1 N–H and O–H groups in total. The second kappa shape index (κ2) is 4.06. The van der Waals surface area contributed by atoms with Crippen molar-refractivity contribution in [3.8, 4) is 5.75 Å². The van der Waals surface area contributed by atoms with Gasteiger partial charge in [0.15, 0.2) is 11.6 Å². The lowest BCUT2D eigenvalue weighted by atomic mass is 9.98. The molecule has 1 atom stereocenters. The van der Waals surface area contributed by atoms with E-state index in [0.717, 1.165) is 36.9 Å². The van der Waals surface area contributed by atoms with Crippen LogP contribution in [0.5, 0.6) is 5.75 Å². The SMILES string of the molecule is Fc1cc([C@H]2CCCN2)cc2c1OCCC2. The maximum Gasteiger partial charge on any atom is 0.165 e. The van der Waals surface area contributed by atoms with E-state index < -0.39 is 0 Å². The van der Waals surface area contributed by atoms with Gasteiger partial charge in [-0.25, -0.2) is 4.39 Å². The lowest BCUT2D eigenvalue weighted by molar-refractivity contribution is 0.273. The summed E-state index contributed by atoms with van der Waals surface area (Å²) in [5, 5.41) is 3.40. The van der Waals surface area contributed by atoms with Crippen LogP contribution in [0.2, 0.25) is 0 Å². The average Bonchev–Trinajstić information content (AvgIpc) is 2.82. The summed E-state index contributed by atoms with van der Waals surface area (Å²) >= 11 is 0. The number of halogens is 1. The molecule has 16 heavy (non-hydrogen) atoms. The van der Waals surface area contributed by atoms with Gasteiger partial charge >= 0.3 is 0 Å². The van der Waals surface area contributed by atoms with Crippen molar-refractivity contribution in [3.05, 3.63) is 29.1 Å². The third-order valence-electron chi connectivity index (χ3n) is 3.44. The molecule has 0 spiro atoms. The predicted molar refractivity (Wildman–Crippen MR) is 60.2 cm³/mol. The van der Waals surface area contributed by atoms with Crippen molar-refractivity contribution in [1.82, 2.24) is 5.32 Å². The maximum absolute atomic E-state index is 13.8. The number of rotatable bonds is 1. The second-order valence-corrected chi connectivity index (χ2v) is 4.59. The summed E-state index contributed by atoms with van der Waals surface area (Å²) in [7, 11) is 0. The first kappa shape index (κ1) is 10.1. The summed E-state index contributed by atoms with van der Waals surface area (Å²) in [5.41, 5.74) is 2.12. The van der Waals surface area contributed by atoms with Gasteiger partial charge in [-0.15, -0.1) is 0 Å². The zero-order valence-electron chi connectivity index (χ0n) is 9.26. The van der Waals surface area contributed by atoms with E-state index in [1.807, 2.05) is 0 Å². The number of hydrogen-bond donors (Lipinski definition) is 1. The van der Waals surface area contributed by atoms with Crippen LogP contribution in [0.3, 0.4) is 0 Å². The van der Waals surface area contributed by atoms with Crippen LogP contribution < -0.4 is 10.1 Å². The number of fused-ring (bicyclic) bond motifs is 1. The molecule has 3 rings (SSSR count). The Morgan fingerprint density at radius 3 is 3.06 bits per heavy atom. The maximum atomic E-state index is 13.8. The van der Waals surface area contributed by atoms with Crippen LogP contribution in [-0.2, 0) is 6.42 Å². The van der Waals surface area contributed by atoms with E-state index >= 15 is 0 Å². The third kappa shape index (κ3) is 1.69. The number of ether oxygens (including phenoxy) is 1. The molecule has 1 aromatic rings. The molecule has 0 saturated carbocycles. The fourth-order valence-electron chi connectivity index (χ4n) is 2.63. The molecule has 0 unspecified atom stereocenters. The quantitative estimate of drug-likeness (QED) is 0.787. The Hall–Kier alpha value is -1.09. The fraction of sp³-hybridized carbons (Fsp3) is 0.538. The fourth-order valence-corrected chi connectivity index (χ4v) is 2.63. The van der Waals surface area contributed by atoms with Crippen LogP contribution in [0.15, 0.2) is 12.1 Å². The minimum atomic E-state index is -0.194. The van der Waals surface area contributed by atoms with E-state index in [4.69, 9.17) is 4.74 Å². The standard InChI is InChI=1S/C13H16FNO/c14-11-8-10(12-4-1-5-15-12)7-9-3-2-6-16-13(9)11/h7-8,12,15H,1-6H2/t12-/m1/s1. The molecule has 2 aliphatic rings. The first-order valence-corrected chi connectivity index (χ1v) is 6.03. The van der Waals surface area contributed by atoms with Gasteiger partial charge in [0.05, 0.1) is 6.61 Å². The van der Waals surface area contributed by atoms with Gasteiger partial charge in [-0.3, -0.25) is 0 Å². The van der Waals surface area contributed by atoms with Crippen molar-refractivity contribution < 1.29 is 9.13 Å². The number of nitrogens with one attached hydrogen (secondary N) is 1. The highest BCUT2D eigenvalue weighted by Gasteiger charge is 2.21. The molecule has 0 aliphatic carbocycles. The molecule has 0 bridgehead atoms. The van der Waals surface area contributed by atoms with Gasteiger partial charge in [-0.05, 0) is 49.4 Å². The number of aryl methyl sites for hydroxylation is 1. The molecule has 2 aliphatic heterocycles. The van der Waals surface area contributed by atoms with E-state index in [9.17, 15) is 4.39 Å². The van der Waals surface area contributed by atoms with E-state index in [-0.39, 0.29) is 5.82 Å². The van der Waals surface area contributed by atoms with Crippen LogP contribution in [-0.4, -0.2) is 13.2 Å². The first-order chi connectivity index (χ1) is 7.84. The molecular formula is C13H16FNO. The molecule has 0 amide bonds. The Kier molecular flexibility index (Phi) is 2.56. The van der Waals surface area contributed by atoms with Crippen LogP contribution in [0.1, 0.15) is 36.4 Å². The van der Waals surface area contributed by atoms with Crippen LogP contribution in [0.4, 0.5) is 4.39 Å². The van der Waals surface area contributed by atoms with Crippen LogP contribution in [0, 0.1) is 5.82 Å². The van der Waals surface area contributed by atoms with Crippen molar-refractivity contribution in [2.75, 3.05) is 13.2 Å². The zero-order chi connectivity index (χ0) is 11.0. The molecule has 0 radical (unpaired) electrons. The minimum Gasteiger partial charge on any atom is -0.490 e. The van der Waals surface area contributed by atoms with Crippen LogP contribution in [0.25, 0.3) is 0 Å². The molecule has 86 valence electrons. The van der Waals surface area contributed by atoms with Crippen molar-refractivity contribution in [2.45, 2.75) is 31.7 Å². The Labute approximate surface area is 94.8 Å². The normalized spacial score (nSPS) is 23.9. The average molecular weight is 221 g/mol. The molecule has 2 heterocycles. The Balaban J connectivity index is 1.97. The highest BCUT2D eigenvalue weighted by Crippen LogP contribution is 2.33. The van der Waals surface area contributed by atoms with Crippen molar-refractivity contribution in [3.63, 3.8) is 0 Å². The molecule has 0 aromatic heterocycles. The number of benzene rings is 1. The third-order valence-corrected chi connectivity index (χ3v) is 3.44. The summed E-state index contributed by atoms with van der Waals surface area (Å²) < 4.78 is 19.2. The van der Waals surface area contributed by atoms with Gasteiger partial charge in [-0.1, -0.05) is 6.07 Å². The highest BCUT2D eigenvalue weighted by molar-refractivity contribution is 5.41. The Morgan fingerprint density at radius 1 is 1.31 bits per heavy atom. The second-order valence-electron chi connectivity index (χ2n) is 4.59. The summed E-state index contributed by atoms with van der Waals surface area (Å²) in [6.07, 6.45) is 4.22. The predicted octanol–water partition coefficient (Wildman–Crippen LogP) is 2.58. The van der Waals surface area contributed by atoms with E-state index in [0.29, 0.717) is 18.4 Å². The smallest absolute Gasteiger partial charge is 0.165 e. The highest BCUT2D eigenvalue weighted by atomic mass is 19.1. The topological polar surface area (TPSA) is 21.3 Å². The molecule has 1 aromatic carbocycles. The minimum absolute atomic E-state index is 0.194.